The van der Waals surface area contributed by atoms with E-state index in [0.717, 1.165) is 5.39 Å². The Morgan fingerprint density at radius 3 is 2.65 bits per heavy atom. The summed E-state index contributed by atoms with van der Waals surface area (Å²) in [6.07, 6.45) is 4.69. The van der Waals surface area contributed by atoms with Crippen LogP contribution in [0.25, 0.3) is 43.8 Å². The molecule has 1 N–H and O–H groups in total. The number of hydrogen-bond donors (Lipinski definition) is 1. The monoisotopic (exact) mass is 685 g/mol. The van der Waals surface area contributed by atoms with Crippen LogP contribution in [0.3, 0.4) is 0 Å². The zero-order chi connectivity index (χ0) is 34.1. The quantitative estimate of drug-likeness (QED) is 0.211. The minimum Gasteiger partial charge on any atom is -0.352 e. The number of aromatic nitrogens is 5. The Balaban J connectivity index is 1.44. The van der Waals surface area contributed by atoms with Crippen LogP contribution in [0.4, 0.5) is 10.2 Å². The van der Waals surface area contributed by atoms with Crippen molar-refractivity contribution in [2.45, 2.75) is 57.7 Å². The predicted molar refractivity (Wildman–Crippen MR) is 187 cm³/mol. The fraction of sp³-hybridized carbons (Fsp3) is 0.400. The van der Waals surface area contributed by atoms with E-state index >= 15 is 4.39 Å². The van der Waals surface area contributed by atoms with E-state index in [0.29, 0.717) is 76.2 Å². The van der Waals surface area contributed by atoms with Crippen LogP contribution in [-0.4, -0.2) is 86.0 Å². The van der Waals surface area contributed by atoms with Crippen LogP contribution in [0.2, 0.25) is 10.0 Å². The second-order valence-electron chi connectivity index (χ2n) is 13.2. The minimum atomic E-state index is -0.557. The average molecular weight is 687 g/mol. The van der Waals surface area contributed by atoms with E-state index in [1.165, 1.54) is 0 Å². The lowest BCUT2D eigenvalue weighted by Crippen LogP contribution is -2.67. The molecule has 2 aromatic carbocycles. The number of H-pyrrole nitrogens is 1. The van der Waals surface area contributed by atoms with Crippen molar-refractivity contribution in [1.82, 2.24) is 34.8 Å². The molecule has 3 aromatic heterocycles. The van der Waals surface area contributed by atoms with Crippen molar-refractivity contribution in [2.24, 2.45) is 0 Å². The number of carbonyl (C=O) groups is 1. The van der Waals surface area contributed by atoms with Crippen LogP contribution in [-0.2, 0) is 4.79 Å². The summed E-state index contributed by atoms with van der Waals surface area (Å²) in [5.74, 6) is 5.10. The molecule has 10 nitrogen and oxygen atoms in total. The van der Waals surface area contributed by atoms with Crippen molar-refractivity contribution >= 4 is 67.6 Å². The number of hydrogen-bond acceptors (Lipinski definition) is 7. The Kier molecular flexibility index (Phi) is 7.98. The minimum absolute atomic E-state index is 0.0707. The molecular formula is C35H34Cl2FN9O. The van der Waals surface area contributed by atoms with E-state index in [-0.39, 0.29) is 46.1 Å². The Hall–Kier alpha value is -4.42. The fourth-order valence-corrected chi connectivity index (χ4v) is 7.79. The maximum Gasteiger partial charge on any atom is 0.298 e. The first-order valence-corrected chi connectivity index (χ1v) is 16.6. The van der Waals surface area contributed by atoms with E-state index in [2.05, 4.69) is 58.9 Å². The fourth-order valence-electron chi connectivity index (χ4n) is 7.30. The molecule has 13 heteroatoms. The van der Waals surface area contributed by atoms with Crippen molar-refractivity contribution in [3.05, 3.63) is 46.0 Å². The summed E-state index contributed by atoms with van der Waals surface area (Å²) in [5, 5.41) is 24.3. The summed E-state index contributed by atoms with van der Waals surface area (Å²) in [5.41, 5.74) is 2.93. The van der Waals surface area contributed by atoms with E-state index in [1.807, 2.05) is 11.6 Å². The number of carbonyl (C=O) groups excluding carboxylic acids is 1. The highest BCUT2D eigenvalue weighted by Gasteiger charge is 2.43. The highest BCUT2D eigenvalue weighted by atomic mass is 35.5. The number of rotatable bonds is 5. The van der Waals surface area contributed by atoms with Gasteiger partial charge in [0.15, 0.2) is 5.82 Å². The highest BCUT2D eigenvalue weighted by molar-refractivity contribution is 6.36. The lowest BCUT2D eigenvalue weighted by atomic mass is 9.90. The van der Waals surface area contributed by atoms with E-state index < -0.39 is 5.82 Å². The van der Waals surface area contributed by atoms with Gasteiger partial charge >= 0.3 is 0 Å². The molecule has 48 heavy (non-hydrogen) atoms. The number of anilines is 1. The molecule has 2 fully saturated rings. The molecule has 1 unspecified atom stereocenters. The third-order valence-corrected chi connectivity index (χ3v) is 10.9. The summed E-state index contributed by atoms with van der Waals surface area (Å²) in [4.78, 5) is 23.8. The summed E-state index contributed by atoms with van der Waals surface area (Å²) >= 11 is 13.6. The number of likely N-dealkylation sites (N-methyl/N-ethyl adjacent to an activating group) is 1. The molecule has 0 spiro atoms. The lowest BCUT2D eigenvalue weighted by molar-refractivity contribution is -0.129. The molecule has 0 aliphatic carbocycles. The topological polar surface area (TPSA) is 110 Å². The van der Waals surface area contributed by atoms with Crippen molar-refractivity contribution < 1.29 is 9.18 Å². The van der Waals surface area contributed by atoms with Gasteiger partial charge in [-0.25, -0.2) is 9.37 Å². The number of piperidine rings is 1. The smallest absolute Gasteiger partial charge is 0.298 e. The van der Waals surface area contributed by atoms with Crippen molar-refractivity contribution in [3.63, 3.8) is 0 Å². The van der Waals surface area contributed by atoms with Gasteiger partial charge in [-0.3, -0.25) is 14.6 Å². The molecular weight excluding hydrogens is 652 g/mol. The van der Waals surface area contributed by atoms with Crippen molar-refractivity contribution in [3.8, 4) is 29.0 Å². The van der Waals surface area contributed by atoms with Crippen LogP contribution >= 0.6 is 23.2 Å². The number of benzene rings is 2. The molecule has 0 bridgehead atoms. The molecule has 5 heterocycles. The number of halogens is 3. The second-order valence-corrected chi connectivity index (χ2v) is 14.0. The van der Waals surface area contributed by atoms with Gasteiger partial charge in [0, 0.05) is 52.6 Å². The van der Waals surface area contributed by atoms with Crippen LogP contribution < -0.4 is 4.90 Å². The van der Waals surface area contributed by atoms with Gasteiger partial charge in [-0.05, 0) is 71.3 Å². The van der Waals surface area contributed by atoms with Gasteiger partial charge in [0.05, 0.1) is 57.9 Å². The first-order chi connectivity index (χ1) is 23.0. The molecule has 0 radical (unpaired) electrons. The van der Waals surface area contributed by atoms with Gasteiger partial charge in [0.2, 0.25) is 0 Å². The zero-order valence-electron chi connectivity index (χ0n) is 27.3. The van der Waals surface area contributed by atoms with Crippen LogP contribution in [0.5, 0.6) is 0 Å². The first kappa shape index (κ1) is 32.1. The molecule has 2 atom stereocenters. The van der Waals surface area contributed by atoms with E-state index in [1.54, 1.807) is 36.4 Å². The summed E-state index contributed by atoms with van der Waals surface area (Å²) < 4.78 is 19.1. The van der Waals surface area contributed by atoms with Gasteiger partial charge in [0.1, 0.15) is 11.3 Å². The van der Waals surface area contributed by atoms with Crippen LogP contribution in [0, 0.1) is 35.9 Å². The zero-order valence-corrected chi connectivity index (χ0v) is 28.8. The Bertz CT molecular complexity index is 2240. The number of fused-ring (bicyclic) bond motifs is 4. The maximum absolute atomic E-state index is 17.2. The van der Waals surface area contributed by atoms with Crippen LogP contribution in [0.15, 0.2) is 24.5 Å². The summed E-state index contributed by atoms with van der Waals surface area (Å²) in [6, 6.07) is 5.27. The Morgan fingerprint density at radius 2 is 1.94 bits per heavy atom. The highest BCUT2D eigenvalue weighted by Crippen LogP contribution is 2.46. The first-order valence-electron chi connectivity index (χ1n) is 15.8. The number of nitrogens with zero attached hydrogens (tertiary/aromatic N) is 8. The maximum atomic E-state index is 17.2. The summed E-state index contributed by atoms with van der Waals surface area (Å²) in [6.45, 7) is 7.47. The molecule has 0 saturated carbocycles. The van der Waals surface area contributed by atoms with Crippen molar-refractivity contribution in [1.29, 1.82) is 5.26 Å². The molecule has 246 valence electrons. The Labute approximate surface area is 287 Å². The number of amides is 1. The molecule has 5 aromatic rings. The molecule has 2 aliphatic heterocycles. The molecule has 1 amide bonds. The number of nitriles is 1. The number of likely N-dealkylation sites (tertiary alicyclic amines) is 1. The average Bonchev–Trinajstić information content (AvgIpc) is 3.69. The lowest BCUT2D eigenvalue weighted by Gasteiger charge is -2.52. The van der Waals surface area contributed by atoms with Crippen molar-refractivity contribution in [2.75, 3.05) is 38.6 Å². The third-order valence-electron chi connectivity index (χ3n) is 10.2. The van der Waals surface area contributed by atoms with Gasteiger partial charge < -0.3 is 14.7 Å². The van der Waals surface area contributed by atoms with Gasteiger partial charge in [-0.2, -0.15) is 15.5 Å². The van der Waals surface area contributed by atoms with Gasteiger partial charge in [-0.15, -0.1) is 0 Å². The van der Waals surface area contributed by atoms with E-state index in [9.17, 15) is 10.1 Å². The van der Waals surface area contributed by atoms with E-state index in [4.69, 9.17) is 33.3 Å². The molecule has 2 aliphatic rings. The normalized spacial score (nSPS) is 19.1. The molecule has 7 rings (SSSR count). The largest absolute Gasteiger partial charge is 0.352 e. The standard InChI is InChI=1S/C35H34Cl2FN9O/c1-6-7-28(48)46-11-9-21(12-20(46)8-10-39)47-33-22-13-26(37)30(29-19(2)25(36)14-27-23(29)15-40-43-27)31(38)32(22)42-34(24(33)16-41-47)45-17-35(3,18-45)44(4)5/h13-16,20-21H,8-9,11-12,17-18H2,1-5H3,(H,40,43)/t20-,21?/m1/s1. The number of nitrogens with one attached hydrogen (secondary N) is 1. The molecule has 2 saturated heterocycles. The predicted octanol–water partition coefficient (Wildman–Crippen LogP) is 6.49. The van der Waals surface area contributed by atoms with Gasteiger partial charge in [-0.1, -0.05) is 29.1 Å². The SMILES string of the molecule is CC#CC(=O)N1CCC(n2ncc3c(N4CC(C)(N(C)C)C4)nc4c(F)c(-c5c(C)c(Cl)cc6[nH]ncc56)c(Cl)cc4c32)C[C@H]1CC#N. The summed E-state index contributed by atoms with van der Waals surface area (Å²) in [7, 11) is 4.11. The number of aromatic amines is 1. The third kappa shape index (κ3) is 4.95. The van der Waals surface area contributed by atoms with Crippen LogP contribution in [0.1, 0.15) is 44.7 Å². The number of pyridine rings is 1. The van der Waals surface area contributed by atoms with Gasteiger partial charge in [0.25, 0.3) is 5.91 Å². The second kappa shape index (κ2) is 11.9. The Morgan fingerprint density at radius 1 is 1.17 bits per heavy atom.